The van der Waals surface area contributed by atoms with Crippen LogP contribution in [0.3, 0.4) is 0 Å². The first-order valence-electron chi connectivity index (χ1n) is 10.8. The molecule has 4 nitrogen and oxygen atoms in total. The predicted octanol–water partition coefficient (Wildman–Crippen LogP) is 7.39. The molecule has 0 N–H and O–H groups in total. The largest absolute Gasteiger partial charge is 0.295 e. The van der Waals surface area contributed by atoms with Gasteiger partial charge in [-0.25, -0.2) is 0 Å². The number of nitrogens with zero attached hydrogens (tertiary/aromatic N) is 2. The Balaban J connectivity index is 1.42. The number of thioether (sulfide) groups is 2. The first-order chi connectivity index (χ1) is 16.3. The Kier molecular flexibility index (Phi) is 6.86. The van der Waals surface area contributed by atoms with Crippen LogP contribution < -0.4 is 9.80 Å². The van der Waals surface area contributed by atoms with Crippen molar-refractivity contribution in [2.24, 2.45) is 0 Å². The Labute approximate surface area is 224 Å². The van der Waals surface area contributed by atoms with Gasteiger partial charge in [-0.1, -0.05) is 56.1 Å². The summed E-state index contributed by atoms with van der Waals surface area (Å²) in [5.41, 5.74) is 6.20. The van der Waals surface area contributed by atoms with Crippen molar-refractivity contribution < 1.29 is 9.59 Å². The van der Waals surface area contributed by atoms with E-state index in [-0.39, 0.29) is 22.6 Å². The Morgan fingerprint density at radius 2 is 1.06 bits per heavy atom. The van der Waals surface area contributed by atoms with Crippen molar-refractivity contribution >= 4 is 78.6 Å². The highest BCUT2D eigenvalue weighted by atomic mass is 79.9. The van der Waals surface area contributed by atoms with Gasteiger partial charge in [0.15, 0.2) is 0 Å². The fourth-order valence-electron chi connectivity index (χ4n) is 4.28. The third kappa shape index (κ3) is 4.45. The van der Waals surface area contributed by atoms with Crippen molar-refractivity contribution in [3.8, 4) is 0 Å². The molecule has 2 fully saturated rings. The average molecular weight is 618 g/mol. The van der Waals surface area contributed by atoms with E-state index in [0.717, 1.165) is 42.6 Å². The van der Waals surface area contributed by atoms with Crippen LogP contribution in [0.25, 0.3) is 0 Å². The highest BCUT2D eigenvalue weighted by molar-refractivity contribution is 9.10. The quantitative estimate of drug-likeness (QED) is 0.306. The fraction of sp³-hybridized carbons (Fsp3) is 0.231. The molecule has 2 aliphatic rings. The maximum atomic E-state index is 12.8. The lowest BCUT2D eigenvalue weighted by Crippen LogP contribution is -2.28. The van der Waals surface area contributed by atoms with E-state index in [1.807, 2.05) is 60.0 Å². The lowest BCUT2D eigenvalue weighted by atomic mass is 10.1. The van der Waals surface area contributed by atoms with Gasteiger partial charge >= 0.3 is 0 Å². The molecule has 0 bridgehead atoms. The summed E-state index contributed by atoms with van der Waals surface area (Å²) in [6.07, 6.45) is 0. The molecular formula is C26H22Br2N2O2S2. The minimum absolute atomic E-state index is 0.0646. The van der Waals surface area contributed by atoms with E-state index in [1.165, 1.54) is 0 Å². The van der Waals surface area contributed by atoms with Gasteiger partial charge in [0, 0.05) is 20.3 Å². The molecule has 2 heterocycles. The molecule has 2 amide bonds. The minimum Gasteiger partial charge on any atom is -0.295 e. The fourth-order valence-corrected chi connectivity index (χ4v) is 7.13. The summed E-state index contributed by atoms with van der Waals surface area (Å²) in [5, 5.41) is -0.129. The topological polar surface area (TPSA) is 40.6 Å². The van der Waals surface area contributed by atoms with Crippen LogP contribution in [0.4, 0.5) is 11.4 Å². The normalized spacial score (nSPS) is 20.5. The van der Waals surface area contributed by atoms with Crippen LogP contribution in [-0.2, 0) is 9.59 Å². The zero-order chi connectivity index (χ0) is 24.0. The van der Waals surface area contributed by atoms with Crippen LogP contribution in [-0.4, -0.2) is 23.3 Å². The van der Waals surface area contributed by atoms with Crippen LogP contribution in [0.2, 0.25) is 0 Å². The SMILES string of the molecule is Cc1cc(N2C(=O)CS[C@@H]2c2ccc([C@H]3SCC(=O)N3c3ccc(Br)c(C)c3)cc2)ccc1Br. The van der Waals surface area contributed by atoms with Crippen LogP contribution in [0.5, 0.6) is 0 Å². The van der Waals surface area contributed by atoms with Gasteiger partial charge in [-0.2, -0.15) is 0 Å². The monoisotopic (exact) mass is 616 g/mol. The maximum Gasteiger partial charge on any atom is 0.238 e. The molecule has 3 aromatic carbocycles. The summed E-state index contributed by atoms with van der Waals surface area (Å²) in [6.45, 7) is 4.06. The third-order valence-corrected chi connectivity index (χ3v) is 10.3. The molecule has 2 atom stereocenters. The first kappa shape index (κ1) is 24.0. The second-order valence-electron chi connectivity index (χ2n) is 8.39. The van der Waals surface area contributed by atoms with E-state index in [9.17, 15) is 9.59 Å². The predicted molar refractivity (Wildman–Crippen MR) is 150 cm³/mol. The molecule has 0 unspecified atom stereocenters. The van der Waals surface area contributed by atoms with Crippen molar-refractivity contribution in [1.29, 1.82) is 0 Å². The van der Waals surface area contributed by atoms with Crippen molar-refractivity contribution in [3.05, 3.63) is 91.9 Å². The molecular weight excluding hydrogens is 596 g/mol. The average Bonchev–Trinajstić information content (AvgIpc) is 3.40. The second-order valence-corrected chi connectivity index (χ2v) is 12.2. The Hall–Kier alpha value is -1.74. The number of hydrogen-bond acceptors (Lipinski definition) is 4. The number of benzene rings is 3. The molecule has 2 saturated heterocycles. The van der Waals surface area contributed by atoms with Gasteiger partial charge in [-0.15, -0.1) is 23.5 Å². The number of carbonyl (C=O) groups excluding carboxylic acids is 2. The number of anilines is 2. The molecule has 3 aromatic rings. The summed E-state index contributed by atoms with van der Waals surface area (Å²) in [7, 11) is 0. The van der Waals surface area contributed by atoms with E-state index in [4.69, 9.17) is 0 Å². The summed E-state index contributed by atoms with van der Waals surface area (Å²) in [6, 6.07) is 20.4. The first-order valence-corrected chi connectivity index (χ1v) is 14.5. The van der Waals surface area contributed by atoms with Crippen LogP contribution in [0.15, 0.2) is 69.6 Å². The molecule has 174 valence electrons. The molecule has 34 heavy (non-hydrogen) atoms. The zero-order valence-corrected chi connectivity index (χ0v) is 23.4. The third-order valence-electron chi connectivity index (χ3n) is 6.08. The van der Waals surface area contributed by atoms with E-state index >= 15 is 0 Å². The highest BCUT2D eigenvalue weighted by Gasteiger charge is 2.36. The summed E-state index contributed by atoms with van der Waals surface area (Å²) >= 11 is 10.4. The zero-order valence-electron chi connectivity index (χ0n) is 18.6. The smallest absolute Gasteiger partial charge is 0.238 e. The van der Waals surface area contributed by atoms with E-state index in [2.05, 4.69) is 56.1 Å². The molecule has 0 radical (unpaired) electrons. The molecule has 0 saturated carbocycles. The van der Waals surface area contributed by atoms with Gasteiger partial charge in [0.2, 0.25) is 11.8 Å². The Morgan fingerprint density at radius 3 is 1.41 bits per heavy atom. The summed E-state index contributed by atoms with van der Waals surface area (Å²) in [4.78, 5) is 29.3. The van der Waals surface area contributed by atoms with Gasteiger partial charge < -0.3 is 0 Å². The standard InChI is InChI=1S/C26H22Br2N2O2S2/c1-15-11-19(7-9-21(15)27)29-23(31)13-33-25(29)17-3-5-18(6-4-17)26-30(24(32)14-34-26)20-8-10-22(28)16(2)12-20/h3-12,25-26H,13-14H2,1-2H3/t25-,26-/m1/s1. The molecule has 5 rings (SSSR count). The highest BCUT2D eigenvalue weighted by Crippen LogP contribution is 2.45. The Bertz CT molecular complexity index is 1180. The van der Waals surface area contributed by atoms with E-state index < -0.39 is 0 Å². The molecule has 0 spiro atoms. The molecule has 0 aromatic heterocycles. The second kappa shape index (κ2) is 9.72. The van der Waals surface area contributed by atoms with Gasteiger partial charge in [0.05, 0.1) is 11.5 Å². The number of carbonyl (C=O) groups is 2. The number of hydrogen-bond donors (Lipinski definition) is 0. The minimum atomic E-state index is -0.0646. The van der Waals surface area contributed by atoms with Gasteiger partial charge in [0.25, 0.3) is 0 Å². The Morgan fingerprint density at radius 1 is 0.676 bits per heavy atom. The summed E-state index contributed by atoms with van der Waals surface area (Å²) < 4.78 is 2.07. The van der Waals surface area contributed by atoms with Crippen LogP contribution >= 0.6 is 55.4 Å². The van der Waals surface area contributed by atoms with Crippen LogP contribution in [0.1, 0.15) is 33.0 Å². The lowest BCUT2D eigenvalue weighted by molar-refractivity contribution is -0.116. The van der Waals surface area contributed by atoms with Gasteiger partial charge in [0.1, 0.15) is 10.7 Å². The lowest BCUT2D eigenvalue weighted by Gasteiger charge is -2.27. The molecule has 0 aliphatic carbocycles. The van der Waals surface area contributed by atoms with Crippen LogP contribution in [0, 0.1) is 13.8 Å². The van der Waals surface area contributed by atoms with Crippen molar-refractivity contribution in [2.75, 3.05) is 21.3 Å². The van der Waals surface area contributed by atoms with Gasteiger partial charge in [-0.3, -0.25) is 19.4 Å². The van der Waals surface area contributed by atoms with Crippen molar-refractivity contribution in [3.63, 3.8) is 0 Å². The molecule has 2 aliphatic heterocycles. The molecule has 8 heteroatoms. The number of halogens is 2. The number of amides is 2. The van der Waals surface area contributed by atoms with Gasteiger partial charge in [-0.05, 0) is 72.5 Å². The maximum absolute atomic E-state index is 12.8. The van der Waals surface area contributed by atoms with E-state index in [0.29, 0.717) is 11.5 Å². The number of rotatable bonds is 4. The van der Waals surface area contributed by atoms with E-state index in [1.54, 1.807) is 23.5 Å². The van der Waals surface area contributed by atoms with Crippen molar-refractivity contribution in [2.45, 2.75) is 24.6 Å². The summed E-state index contributed by atoms with van der Waals surface area (Å²) in [5.74, 6) is 1.17. The van der Waals surface area contributed by atoms with Crippen molar-refractivity contribution in [1.82, 2.24) is 0 Å². The number of aryl methyl sites for hydroxylation is 2.